The third kappa shape index (κ3) is 3.24. The van der Waals surface area contributed by atoms with Gasteiger partial charge in [0.05, 0.1) is 12.6 Å². The quantitative estimate of drug-likeness (QED) is 0.724. The second-order valence-electron chi connectivity index (χ2n) is 7.38. The van der Waals surface area contributed by atoms with Crippen molar-refractivity contribution in [3.63, 3.8) is 0 Å². The van der Waals surface area contributed by atoms with Crippen LogP contribution in [0.25, 0.3) is 11.1 Å². The second kappa shape index (κ2) is 6.80. The average Bonchev–Trinajstić information content (AvgIpc) is 2.97. The van der Waals surface area contributed by atoms with Crippen LogP contribution in [0.2, 0.25) is 0 Å². The Morgan fingerprint density at radius 2 is 1.38 bits per heavy atom. The Morgan fingerprint density at radius 1 is 0.833 bits per heavy atom. The molecule has 126 valence electrons. The summed E-state index contributed by atoms with van der Waals surface area (Å²) >= 11 is 0. The van der Waals surface area contributed by atoms with Gasteiger partial charge in [-0.25, -0.2) is 0 Å². The van der Waals surface area contributed by atoms with Gasteiger partial charge in [0.2, 0.25) is 0 Å². The Kier molecular flexibility index (Phi) is 4.75. The molecule has 1 atom stereocenters. The molecule has 1 aliphatic rings. The molecule has 0 fully saturated rings. The molecule has 0 spiro atoms. The van der Waals surface area contributed by atoms with Crippen LogP contribution in [0.4, 0.5) is 0 Å². The zero-order chi connectivity index (χ0) is 17.3. The first-order chi connectivity index (χ1) is 11.5. The molecule has 1 heterocycles. The fourth-order valence-electron chi connectivity index (χ4n) is 3.45. The van der Waals surface area contributed by atoms with E-state index >= 15 is 0 Å². The predicted octanol–water partition coefficient (Wildman–Crippen LogP) is 5.52. The van der Waals surface area contributed by atoms with Crippen molar-refractivity contribution >= 4 is 5.84 Å². The Bertz CT molecular complexity index is 709. The molecule has 0 aromatic heterocycles. The van der Waals surface area contributed by atoms with Crippen molar-refractivity contribution in [1.82, 2.24) is 4.90 Å². The number of amidine groups is 1. The molecule has 0 saturated carbocycles. The van der Waals surface area contributed by atoms with E-state index in [0.717, 1.165) is 6.54 Å². The van der Waals surface area contributed by atoms with E-state index < -0.39 is 0 Å². The summed E-state index contributed by atoms with van der Waals surface area (Å²) in [7, 11) is 2.16. The lowest BCUT2D eigenvalue weighted by molar-refractivity contribution is 0.403. The van der Waals surface area contributed by atoms with Gasteiger partial charge in [-0.15, -0.1) is 0 Å². The molecule has 0 aliphatic carbocycles. The van der Waals surface area contributed by atoms with Crippen LogP contribution in [0.5, 0.6) is 0 Å². The standard InChI is InChI=1S/C22H28N2/c1-15(2)17-6-8-18(9-7-17)19-10-12-20(13-11-19)21-14-23-22(16(3)4)24(21)5/h6-13,15-16,21H,14H2,1-5H3. The molecule has 0 saturated heterocycles. The van der Waals surface area contributed by atoms with Gasteiger partial charge in [-0.1, -0.05) is 76.2 Å². The van der Waals surface area contributed by atoms with Crippen molar-refractivity contribution in [2.24, 2.45) is 10.9 Å². The normalized spacial score (nSPS) is 17.7. The summed E-state index contributed by atoms with van der Waals surface area (Å²) in [5.74, 6) is 2.28. The lowest BCUT2D eigenvalue weighted by Crippen LogP contribution is -2.29. The molecule has 2 aromatic rings. The Balaban J connectivity index is 1.77. The van der Waals surface area contributed by atoms with Crippen LogP contribution in [0, 0.1) is 5.92 Å². The van der Waals surface area contributed by atoms with Gasteiger partial charge >= 0.3 is 0 Å². The first-order valence-electron chi connectivity index (χ1n) is 8.95. The zero-order valence-electron chi connectivity index (χ0n) is 15.5. The Hall–Kier alpha value is -2.09. The van der Waals surface area contributed by atoms with Gasteiger partial charge in [0, 0.05) is 13.0 Å². The summed E-state index contributed by atoms with van der Waals surface area (Å²) in [5, 5.41) is 0. The number of nitrogens with zero attached hydrogens (tertiary/aromatic N) is 2. The van der Waals surface area contributed by atoms with Gasteiger partial charge < -0.3 is 4.90 Å². The Morgan fingerprint density at radius 3 is 1.83 bits per heavy atom. The summed E-state index contributed by atoms with van der Waals surface area (Å²) < 4.78 is 0. The fourth-order valence-corrected chi connectivity index (χ4v) is 3.45. The fraction of sp³-hybridized carbons (Fsp3) is 0.409. The van der Waals surface area contributed by atoms with E-state index in [-0.39, 0.29) is 0 Å². The van der Waals surface area contributed by atoms with E-state index in [0.29, 0.717) is 17.9 Å². The third-order valence-corrected chi connectivity index (χ3v) is 4.98. The highest BCUT2D eigenvalue weighted by molar-refractivity contribution is 5.86. The third-order valence-electron chi connectivity index (χ3n) is 4.98. The largest absolute Gasteiger partial charge is 0.354 e. The smallest absolute Gasteiger partial charge is 0.102 e. The van der Waals surface area contributed by atoms with E-state index in [4.69, 9.17) is 4.99 Å². The lowest BCUT2D eigenvalue weighted by atomic mass is 9.97. The monoisotopic (exact) mass is 320 g/mol. The van der Waals surface area contributed by atoms with Gasteiger partial charge in [-0.2, -0.15) is 0 Å². The van der Waals surface area contributed by atoms with Crippen molar-refractivity contribution in [2.75, 3.05) is 13.6 Å². The summed E-state index contributed by atoms with van der Waals surface area (Å²) in [6, 6.07) is 18.3. The molecule has 1 unspecified atom stereocenters. The van der Waals surface area contributed by atoms with Crippen LogP contribution >= 0.6 is 0 Å². The van der Waals surface area contributed by atoms with Gasteiger partial charge in [-0.05, 0) is 28.2 Å². The summed E-state index contributed by atoms with van der Waals surface area (Å²) in [5.41, 5.74) is 5.30. The number of hydrogen-bond donors (Lipinski definition) is 0. The lowest BCUT2D eigenvalue weighted by Gasteiger charge is -2.25. The molecule has 3 rings (SSSR count). The highest BCUT2D eigenvalue weighted by atomic mass is 15.2. The maximum absolute atomic E-state index is 4.72. The molecule has 2 heteroatoms. The average molecular weight is 320 g/mol. The van der Waals surface area contributed by atoms with Crippen molar-refractivity contribution in [3.05, 3.63) is 59.7 Å². The van der Waals surface area contributed by atoms with Crippen LogP contribution in [0.3, 0.4) is 0 Å². The van der Waals surface area contributed by atoms with E-state index in [9.17, 15) is 0 Å². The number of aliphatic imine (C=N–C) groups is 1. The maximum Gasteiger partial charge on any atom is 0.102 e. The molecule has 1 aliphatic heterocycles. The molecular formula is C22H28N2. The van der Waals surface area contributed by atoms with Crippen molar-refractivity contribution in [3.8, 4) is 11.1 Å². The van der Waals surface area contributed by atoms with E-state index in [2.05, 4.69) is 88.2 Å². The first kappa shape index (κ1) is 16.8. The molecule has 24 heavy (non-hydrogen) atoms. The molecule has 0 radical (unpaired) electrons. The van der Waals surface area contributed by atoms with Crippen LogP contribution < -0.4 is 0 Å². The van der Waals surface area contributed by atoms with Crippen molar-refractivity contribution < 1.29 is 0 Å². The van der Waals surface area contributed by atoms with Crippen molar-refractivity contribution in [1.29, 1.82) is 0 Å². The van der Waals surface area contributed by atoms with Crippen molar-refractivity contribution in [2.45, 2.75) is 39.7 Å². The molecule has 0 amide bonds. The minimum atomic E-state index is 0.375. The van der Waals surface area contributed by atoms with Gasteiger partial charge in [0.25, 0.3) is 0 Å². The molecule has 0 N–H and O–H groups in total. The Labute approximate surface area is 146 Å². The maximum atomic E-state index is 4.72. The second-order valence-corrected chi connectivity index (χ2v) is 7.38. The van der Waals surface area contributed by atoms with E-state index in [1.807, 2.05) is 0 Å². The number of benzene rings is 2. The summed E-state index contributed by atoms with van der Waals surface area (Å²) in [4.78, 5) is 7.05. The number of hydrogen-bond acceptors (Lipinski definition) is 2. The van der Waals surface area contributed by atoms with Gasteiger partial charge in [0.1, 0.15) is 5.84 Å². The zero-order valence-corrected chi connectivity index (χ0v) is 15.5. The topological polar surface area (TPSA) is 15.6 Å². The molecule has 0 bridgehead atoms. The number of rotatable bonds is 4. The van der Waals surface area contributed by atoms with Gasteiger partial charge in [-0.3, -0.25) is 4.99 Å². The van der Waals surface area contributed by atoms with Gasteiger partial charge in [0.15, 0.2) is 0 Å². The van der Waals surface area contributed by atoms with E-state index in [1.54, 1.807) is 0 Å². The highest BCUT2D eigenvalue weighted by Gasteiger charge is 2.27. The predicted molar refractivity (Wildman–Crippen MR) is 104 cm³/mol. The van der Waals surface area contributed by atoms with Crippen LogP contribution in [0.15, 0.2) is 53.5 Å². The molecule has 2 nitrogen and oxygen atoms in total. The molecular weight excluding hydrogens is 292 g/mol. The minimum Gasteiger partial charge on any atom is -0.354 e. The first-order valence-corrected chi connectivity index (χ1v) is 8.95. The summed E-state index contributed by atoms with van der Waals surface area (Å²) in [6.07, 6.45) is 0. The van der Waals surface area contributed by atoms with Crippen LogP contribution in [-0.2, 0) is 0 Å². The summed E-state index contributed by atoms with van der Waals surface area (Å²) in [6.45, 7) is 9.75. The van der Waals surface area contributed by atoms with Crippen LogP contribution in [0.1, 0.15) is 50.8 Å². The van der Waals surface area contributed by atoms with Crippen LogP contribution in [-0.4, -0.2) is 24.3 Å². The molecule has 2 aromatic carbocycles. The highest BCUT2D eigenvalue weighted by Crippen LogP contribution is 2.29. The number of likely N-dealkylation sites (N-methyl/N-ethyl adjacent to an activating group) is 1. The SMILES string of the molecule is CC(C)C1=NCC(c2ccc(-c3ccc(C(C)C)cc3)cc2)N1C. The minimum absolute atomic E-state index is 0.375. The van der Waals surface area contributed by atoms with E-state index in [1.165, 1.54) is 28.1 Å².